The lowest BCUT2D eigenvalue weighted by molar-refractivity contribution is -0.120. The summed E-state index contributed by atoms with van der Waals surface area (Å²) >= 11 is 3.41. The zero-order valence-corrected chi connectivity index (χ0v) is 20.1. The summed E-state index contributed by atoms with van der Waals surface area (Å²) in [4.78, 5) is 29.0. The number of halogens is 1. The fourth-order valence-corrected chi connectivity index (χ4v) is 6.19. The Bertz CT molecular complexity index is 1160. The molecule has 1 fully saturated rings. The van der Waals surface area contributed by atoms with Gasteiger partial charge in [-0.3, -0.25) is 9.59 Å². The Morgan fingerprint density at radius 2 is 1.91 bits per heavy atom. The fraction of sp³-hybridized carbons (Fsp3) is 0.333. The molecule has 0 aromatic heterocycles. The van der Waals surface area contributed by atoms with Crippen LogP contribution in [0.2, 0.25) is 0 Å². The summed E-state index contributed by atoms with van der Waals surface area (Å²) < 4.78 is 27.4. The normalized spacial score (nSPS) is 15.3. The first kappa shape index (κ1) is 22.7. The molecule has 0 radical (unpaired) electrons. The standard InChI is InChI=1S/C24H25BrN2O4S/c1-2-12-26(20-6-4-3-5-7-20)22(28)11-14-32(30,31)21-16-19(25)15-18-10-13-27(23(18)21)24(29)17-8-9-17/h2-7,15-17H,1,8-14H2. The number of nitrogens with zero attached hydrogens (tertiary/aromatic N) is 2. The van der Waals surface area contributed by atoms with E-state index in [1.807, 2.05) is 24.3 Å². The molecule has 1 saturated carbocycles. The maximum absolute atomic E-state index is 13.4. The van der Waals surface area contributed by atoms with Gasteiger partial charge in [-0.2, -0.15) is 0 Å². The number of amides is 2. The van der Waals surface area contributed by atoms with Crippen LogP contribution >= 0.6 is 15.9 Å². The smallest absolute Gasteiger partial charge is 0.230 e. The van der Waals surface area contributed by atoms with Crippen LogP contribution in [0.15, 0.2) is 64.5 Å². The van der Waals surface area contributed by atoms with Gasteiger partial charge in [0.2, 0.25) is 11.8 Å². The van der Waals surface area contributed by atoms with Crippen molar-refractivity contribution in [3.05, 3.63) is 65.2 Å². The first-order valence-electron chi connectivity index (χ1n) is 10.6. The topological polar surface area (TPSA) is 74.8 Å². The molecule has 2 amide bonds. The van der Waals surface area contributed by atoms with E-state index in [1.54, 1.807) is 29.2 Å². The van der Waals surface area contributed by atoms with Gasteiger partial charge in [0, 0.05) is 35.6 Å². The van der Waals surface area contributed by atoms with E-state index in [9.17, 15) is 18.0 Å². The van der Waals surface area contributed by atoms with Gasteiger partial charge in [0.25, 0.3) is 0 Å². The maximum atomic E-state index is 13.4. The molecule has 1 aliphatic carbocycles. The molecule has 4 rings (SSSR count). The summed E-state index contributed by atoms with van der Waals surface area (Å²) in [5, 5.41) is 0. The second-order valence-electron chi connectivity index (χ2n) is 8.12. The number of hydrogen-bond donors (Lipinski definition) is 0. The van der Waals surface area contributed by atoms with Crippen LogP contribution in [0.5, 0.6) is 0 Å². The number of carbonyl (C=O) groups is 2. The number of para-hydroxylation sites is 1. The lowest BCUT2D eigenvalue weighted by atomic mass is 10.2. The second kappa shape index (κ2) is 9.19. The summed E-state index contributed by atoms with van der Waals surface area (Å²) in [6.07, 6.45) is 3.79. The molecule has 2 aromatic rings. The largest absolute Gasteiger partial charge is 0.310 e. The van der Waals surface area contributed by atoms with E-state index >= 15 is 0 Å². The number of sulfone groups is 1. The van der Waals surface area contributed by atoms with Crippen molar-refractivity contribution in [2.24, 2.45) is 5.92 Å². The molecule has 2 aromatic carbocycles. The summed E-state index contributed by atoms with van der Waals surface area (Å²) in [7, 11) is -3.80. The Morgan fingerprint density at radius 1 is 1.19 bits per heavy atom. The highest BCUT2D eigenvalue weighted by Gasteiger charge is 2.39. The lowest BCUT2D eigenvalue weighted by Crippen LogP contribution is -2.33. The van der Waals surface area contributed by atoms with Gasteiger partial charge in [-0.25, -0.2) is 8.42 Å². The molecule has 8 heteroatoms. The van der Waals surface area contributed by atoms with Crippen molar-refractivity contribution in [1.82, 2.24) is 0 Å². The minimum atomic E-state index is -3.80. The number of rotatable bonds is 8. The van der Waals surface area contributed by atoms with Crippen LogP contribution in [0.1, 0.15) is 24.8 Å². The SMILES string of the molecule is C=CCN(C(=O)CCS(=O)(=O)c1cc(Br)cc2c1N(C(=O)C1CC1)CC2)c1ccccc1. The number of benzene rings is 2. The fourth-order valence-electron chi connectivity index (χ4n) is 4.03. The minimum absolute atomic E-state index is 0.0000580. The Labute approximate surface area is 197 Å². The molecule has 1 aliphatic heterocycles. The molecule has 0 atom stereocenters. The maximum Gasteiger partial charge on any atom is 0.230 e. The van der Waals surface area contributed by atoms with E-state index in [4.69, 9.17) is 0 Å². The van der Waals surface area contributed by atoms with Crippen LogP contribution in [-0.4, -0.2) is 39.1 Å². The Balaban J connectivity index is 1.58. The third-order valence-electron chi connectivity index (χ3n) is 5.79. The highest BCUT2D eigenvalue weighted by atomic mass is 79.9. The lowest BCUT2D eigenvalue weighted by Gasteiger charge is -2.22. The summed E-state index contributed by atoms with van der Waals surface area (Å²) in [5.74, 6) is -0.627. The Kier molecular flexibility index (Phi) is 6.53. The average molecular weight is 517 g/mol. The van der Waals surface area contributed by atoms with E-state index in [2.05, 4.69) is 22.5 Å². The van der Waals surface area contributed by atoms with Gasteiger partial charge in [0.15, 0.2) is 9.84 Å². The summed E-state index contributed by atoms with van der Waals surface area (Å²) in [6, 6.07) is 12.5. The molecule has 0 unspecified atom stereocenters. The molecule has 0 bridgehead atoms. The zero-order valence-electron chi connectivity index (χ0n) is 17.7. The van der Waals surface area contributed by atoms with Gasteiger partial charge in [0.05, 0.1) is 16.3 Å². The first-order chi connectivity index (χ1) is 15.3. The Hall–Kier alpha value is -2.45. The van der Waals surface area contributed by atoms with Gasteiger partial charge < -0.3 is 9.80 Å². The van der Waals surface area contributed by atoms with E-state index in [-0.39, 0.29) is 34.8 Å². The van der Waals surface area contributed by atoms with Crippen molar-refractivity contribution in [2.75, 3.05) is 28.6 Å². The molecular weight excluding hydrogens is 492 g/mol. The first-order valence-corrected chi connectivity index (χ1v) is 13.1. The monoisotopic (exact) mass is 516 g/mol. The van der Waals surface area contributed by atoms with Gasteiger partial charge in [-0.1, -0.05) is 40.2 Å². The number of hydrogen-bond acceptors (Lipinski definition) is 4. The third kappa shape index (κ3) is 4.66. The molecule has 168 valence electrons. The van der Waals surface area contributed by atoms with Gasteiger partial charge >= 0.3 is 0 Å². The van der Waals surface area contributed by atoms with E-state index in [1.165, 1.54) is 4.90 Å². The van der Waals surface area contributed by atoms with Crippen molar-refractivity contribution in [3.63, 3.8) is 0 Å². The zero-order chi connectivity index (χ0) is 22.9. The number of anilines is 2. The summed E-state index contributed by atoms with van der Waals surface area (Å²) in [6.45, 7) is 4.48. The van der Waals surface area contributed by atoms with Crippen molar-refractivity contribution >= 4 is 49.0 Å². The molecule has 32 heavy (non-hydrogen) atoms. The van der Waals surface area contributed by atoms with Gasteiger partial charge in [0.1, 0.15) is 0 Å². The van der Waals surface area contributed by atoms with Crippen LogP contribution in [0.25, 0.3) is 0 Å². The van der Waals surface area contributed by atoms with Crippen molar-refractivity contribution in [3.8, 4) is 0 Å². The van der Waals surface area contributed by atoms with Crippen LogP contribution in [0, 0.1) is 5.92 Å². The third-order valence-corrected chi connectivity index (χ3v) is 7.97. The minimum Gasteiger partial charge on any atom is -0.310 e. The highest BCUT2D eigenvalue weighted by molar-refractivity contribution is 9.10. The van der Waals surface area contributed by atoms with E-state index in [0.717, 1.165) is 18.4 Å². The van der Waals surface area contributed by atoms with Crippen LogP contribution in [-0.2, 0) is 25.8 Å². The molecule has 0 N–H and O–H groups in total. The van der Waals surface area contributed by atoms with Crippen molar-refractivity contribution < 1.29 is 18.0 Å². The molecule has 2 aliphatic rings. The Morgan fingerprint density at radius 3 is 2.56 bits per heavy atom. The van der Waals surface area contributed by atoms with Gasteiger partial charge in [-0.05, 0) is 49.1 Å². The van der Waals surface area contributed by atoms with Crippen LogP contribution in [0.4, 0.5) is 11.4 Å². The quantitative estimate of drug-likeness (QED) is 0.494. The molecule has 0 saturated heterocycles. The molecule has 1 heterocycles. The van der Waals surface area contributed by atoms with Gasteiger partial charge in [-0.15, -0.1) is 6.58 Å². The number of fused-ring (bicyclic) bond motifs is 1. The van der Waals surface area contributed by atoms with Crippen molar-refractivity contribution in [1.29, 1.82) is 0 Å². The van der Waals surface area contributed by atoms with E-state index in [0.29, 0.717) is 35.4 Å². The van der Waals surface area contributed by atoms with Crippen LogP contribution in [0.3, 0.4) is 0 Å². The molecule has 6 nitrogen and oxygen atoms in total. The number of carbonyl (C=O) groups excluding carboxylic acids is 2. The van der Waals surface area contributed by atoms with E-state index < -0.39 is 9.84 Å². The predicted molar refractivity (Wildman–Crippen MR) is 129 cm³/mol. The van der Waals surface area contributed by atoms with Crippen molar-refractivity contribution in [2.45, 2.75) is 30.6 Å². The summed E-state index contributed by atoms with van der Waals surface area (Å²) in [5.41, 5.74) is 2.03. The second-order valence-corrected chi connectivity index (χ2v) is 11.1. The predicted octanol–water partition coefficient (Wildman–Crippen LogP) is 4.13. The van der Waals surface area contributed by atoms with Crippen LogP contribution < -0.4 is 9.80 Å². The molecule has 0 spiro atoms. The molecular formula is C24H25BrN2O4S. The average Bonchev–Trinajstić information content (AvgIpc) is 3.55. The highest BCUT2D eigenvalue weighted by Crippen LogP contribution is 2.41.